The van der Waals surface area contributed by atoms with E-state index in [1.54, 1.807) is 5.57 Å². The zero-order chi connectivity index (χ0) is 9.80. The van der Waals surface area contributed by atoms with Crippen LogP contribution >= 0.6 is 0 Å². The van der Waals surface area contributed by atoms with Crippen molar-refractivity contribution in [3.8, 4) is 0 Å². The molecule has 80 valence electrons. The third-order valence-electron chi connectivity index (χ3n) is 3.43. The fourth-order valence-electron chi connectivity index (χ4n) is 2.38. The molecule has 14 heavy (non-hydrogen) atoms. The molecule has 2 aliphatic rings. The maximum Gasteiger partial charge on any atom is 0.0282 e. The number of allylic oxidation sites excluding steroid dienone is 1. The van der Waals surface area contributed by atoms with E-state index in [2.05, 4.69) is 18.3 Å². The highest BCUT2D eigenvalue weighted by Crippen LogP contribution is 2.36. The van der Waals surface area contributed by atoms with Gasteiger partial charge in [0.2, 0.25) is 0 Å². The van der Waals surface area contributed by atoms with Crippen LogP contribution in [0.25, 0.3) is 0 Å². The Bertz CT molecular complexity index is 203. The topological polar surface area (TPSA) is 12.0 Å². The van der Waals surface area contributed by atoms with Crippen LogP contribution in [0.3, 0.4) is 0 Å². The molecular weight excluding hydrogens is 170 g/mol. The Morgan fingerprint density at radius 3 is 2.93 bits per heavy atom. The molecule has 0 aromatic carbocycles. The lowest BCUT2D eigenvalue weighted by Crippen LogP contribution is -2.31. The van der Waals surface area contributed by atoms with Crippen molar-refractivity contribution >= 4 is 0 Å². The summed E-state index contributed by atoms with van der Waals surface area (Å²) in [4.78, 5) is 0. The van der Waals surface area contributed by atoms with Gasteiger partial charge in [0, 0.05) is 6.04 Å². The minimum absolute atomic E-state index is 0.727. The molecule has 0 aromatic rings. The quantitative estimate of drug-likeness (QED) is 0.638. The Morgan fingerprint density at radius 1 is 1.50 bits per heavy atom. The third kappa shape index (κ3) is 2.84. The molecule has 0 heterocycles. The van der Waals surface area contributed by atoms with Gasteiger partial charge >= 0.3 is 0 Å². The van der Waals surface area contributed by atoms with Crippen molar-refractivity contribution in [2.75, 3.05) is 6.54 Å². The Labute approximate surface area is 88.0 Å². The second-order valence-corrected chi connectivity index (χ2v) is 4.86. The summed E-state index contributed by atoms with van der Waals surface area (Å²) in [5.74, 6) is 1.05. The van der Waals surface area contributed by atoms with Crippen molar-refractivity contribution in [1.82, 2.24) is 5.32 Å². The van der Waals surface area contributed by atoms with Crippen LogP contribution in [0.4, 0.5) is 0 Å². The van der Waals surface area contributed by atoms with Gasteiger partial charge in [0.1, 0.15) is 0 Å². The molecule has 0 spiro atoms. The van der Waals surface area contributed by atoms with E-state index in [0.29, 0.717) is 0 Å². The van der Waals surface area contributed by atoms with E-state index in [9.17, 15) is 0 Å². The highest BCUT2D eigenvalue weighted by molar-refractivity contribution is 5.15. The van der Waals surface area contributed by atoms with E-state index in [-0.39, 0.29) is 0 Å². The van der Waals surface area contributed by atoms with Gasteiger partial charge in [-0.3, -0.25) is 0 Å². The minimum Gasteiger partial charge on any atom is -0.310 e. The molecule has 1 atom stereocenters. The molecule has 1 fully saturated rings. The average molecular weight is 193 g/mol. The fourth-order valence-corrected chi connectivity index (χ4v) is 2.38. The summed E-state index contributed by atoms with van der Waals surface area (Å²) >= 11 is 0. The maximum absolute atomic E-state index is 3.71. The summed E-state index contributed by atoms with van der Waals surface area (Å²) in [5.41, 5.74) is 1.71. The molecular formula is C13H23N. The van der Waals surface area contributed by atoms with Crippen LogP contribution in [0.5, 0.6) is 0 Å². The van der Waals surface area contributed by atoms with Crippen molar-refractivity contribution in [3.05, 3.63) is 11.6 Å². The van der Waals surface area contributed by atoms with Gasteiger partial charge in [-0.2, -0.15) is 0 Å². The van der Waals surface area contributed by atoms with Crippen LogP contribution < -0.4 is 5.32 Å². The monoisotopic (exact) mass is 193 g/mol. The van der Waals surface area contributed by atoms with Crippen molar-refractivity contribution in [1.29, 1.82) is 0 Å². The molecule has 1 saturated carbocycles. The van der Waals surface area contributed by atoms with Gasteiger partial charge in [-0.05, 0) is 44.6 Å². The predicted molar refractivity (Wildman–Crippen MR) is 61.4 cm³/mol. The normalized spacial score (nSPS) is 23.6. The lowest BCUT2D eigenvalue weighted by molar-refractivity contribution is 0.498. The van der Waals surface area contributed by atoms with Crippen LogP contribution in [0.1, 0.15) is 51.9 Å². The molecule has 0 saturated heterocycles. The number of hydrogen-bond donors (Lipinski definition) is 1. The molecule has 0 bridgehead atoms. The van der Waals surface area contributed by atoms with E-state index in [0.717, 1.165) is 12.0 Å². The van der Waals surface area contributed by atoms with Crippen LogP contribution in [0.2, 0.25) is 0 Å². The van der Waals surface area contributed by atoms with Gasteiger partial charge < -0.3 is 5.32 Å². The van der Waals surface area contributed by atoms with Crippen molar-refractivity contribution in [2.45, 2.75) is 57.9 Å². The number of nitrogens with one attached hydrogen (secondary N) is 1. The first-order valence-corrected chi connectivity index (χ1v) is 6.32. The molecule has 1 heteroatoms. The highest BCUT2D eigenvalue weighted by atomic mass is 14.9. The first-order chi connectivity index (χ1) is 6.90. The molecule has 1 unspecified atom stereocenters. The maximum atomic E-state index is 3.71. The van der Waals surface area contributed by atoms with Crippen LogP contribution in [-0.4, -0.2) is 12.6 Å². The van der Waals surface area contributed by atoms with E-state index < -0.39 is 0 Å². The predicted octanol–water partition coefficient (Wildman–Crippen LogP) is 3.27. The van der Waals surface area contributed by atoms with Crippen LogP contribution in [-0.2, 0) is 0 Å². The summed E-state index contributed by atoms with van der Waals surface area (Å²) in [6.45, 7) is 3.44. The van der Waals surface area contributed by atoms with E-state index >= 15 is 0 Å². The van der Waals surface area contributed by atoms with Crippen LogP contribution in [0.15, 0.2) is 11.6 Å². The van der Waals surface area contributed by atoms with E-state index in [4.69, 9.17) is 0 Å². The van der Waals surface area contributed by atoms with Gasteiger partial charge in [-0.1, -0.05) is 31.4 Å². The van der Waals surface area contributed by atoms with Crippen LogP contribution in [0, 0.1) is 5.92 Å². The Morgan fingerprint density at radius 2 is 2.36 bits per heavy atom. The second-order valence-electron chi connectivity index (χ2n) is 4.86. The number of rotatable bonds is 6. The standard InChI is InChI=1S/C13H23N/c1-2-9-14-13(10-11-7-8-11)12-5-3-4-6-12/h5,11,13-14H,2-4,6-10H2,1H3. The van der Waals surface area contributed by atoms with Crippen molar-refractivity contribution in [2.24, 2.45) is 5.92 Å². The minimum atomic E-state index is 0.727. The van der Waals surface area contributed by atoms with Gasteiger partial charge in [0.25, 0.3) is 0 Å². The van der Waals surface area contributed by atoms with Gasteiger partial charge in [0.15, 0.2) is 0 Å². The summed E-state index contributed by atoms with van der Waals surface area (Å²) in [6, 6.07) is 0.727. The summed E-state index contributed by atoms with van der Waals surface area (Å²) < 4.78 is 0. The Hall–Kier alpha value is -0.300. The average Bonchev–Trinajstić information content (AvgIpc) is 2.84. The lowest BCUT2D eigenvalue weighted by atomic mass is 10.0. The van der Waals surface area contributed by atoms with Gasteiger partial charge in [-0.25, -0.2) is 0 Å². The summed E-state index contributed by atoms with van der Waals surface area (Å²) in [6.07, 6.45) is 12.2. The SMILES string of the molecule is CCCNC(CC1CC1)C1=CCCC1. The molecule has 1 N–H and O–H groups in total. The first kappa shape index (κ1) is 10.2. The van der Waals surface area contributed by atoms with Gasteiger partial charge in [-0.15, -0.1) is 0 Å². The molecule has 0 amide bonds. The zero-order valence-corrected chi connectivity index (χ0v) is 9.39. The summed E-state index contributed by atoms with van der Waals surface area (Å²) in [7, 11) is 0. The van der Waals surface area contributed by atoms with E-state index in [1.165, 1.54) is 51.5 Å². The molecule has 1 nitrogen and oxygen atoms in total. The molecule has 0 radical (unpaired) electrons. The highest BCUT2D eigenvalue weighted by Gasteiger charge is 2.27. The molecule has 0 aromatic heterocycles. The van der Waals surface area contributed by atoms with E-state index in [1.807, 2.05) is 0 Å². The Balaban J connectivity index is 1.83. The number of hydrogen-bond acceptors (Lipinski definition) is 1. The van der Waals surface area contributed by atoms with Crippen molar-refractivity contribution in [3.63, 3.8) is 0 Å². The molecule has 0 aliphatic heterocycles. The van der Waals surface area contributed by atoms with Gasteiger partial charge in [0.05, 0.1) is 0 Å². The lowest BCUT2D eigenvalue weighted by Gasteiger charge is -2.19. The second kappa shape index (κ2) is 4.97. The summed E-state index contributed by atoms with van der Waals surface area (Å²) in [5, 5.41) is 3.71. The largest absolute Gasteiger partial charge is 0.310 e. The third-order valence-corrected chi connectivity index (χ3v) is 3.43. The Kier molecular flexibility index (Phi) is 3.63. The first-order valence-electron chi connectivity index (χ1n) is 6.32. The molecule has 2 rings (SSSR count). The smallest absolute Gasteiger partial charge is 0.0282 e. The zero-order valence-electron chi connectivity index (χ0n) is 9.39. The fraction of sp³-hybridized carbons (Fsp3) is 0.846. The molecule has 2 aliphatic carbocycles. The van der Waals surface area contributed by atoms with Crippen molar-refractivity contribution < 1.29 is 0 Å².